The number of hydrogen-bond acceptors (Lipinski definition) is 15. The molecule has 0 saturated heterocycles. The van der Waals surface area contributed by atoms with Gasteiger partial charge in [0.05, 0.1) is 0 Å². The molecule has 0 spiro atoms. The number of nitrogens with zero attached hydrogens (tertiary/aromatic N) is 3. The van der Waals surface area contributed by atoms with Crippen molar-refractivity contribution in [3.05, 3.63) is 328 Å². The Morgan fingerprint density at radius 3 is 0.378 bits per heavy atom. The summed E-state index contributed by atoms with van der Waals surface area (Å²) in [5, 5.41) is 45.4. The zero-order valence-corrected chi connectivity index (χ0v) is 51.5. The summed E-state index contributed by atoms with van der Waals surface area (Å²) in [5.41, 5.74) is 16.1. The summed E-state index contributed by atoms with van der Waals surface area (Å²) in [4.78, 5) is 0. The predicted octanol–water partition coefficient (Wildman–Crippen LogP) is 23.0. The first-order chi connectivity index (χ1) is 44.3. The quantitative estimate of drug-likeness (QED) is 0.0258. The number of benzene rings is 12. The fourth-order valence-corrected chi connectivity index (χ4v) is 21.2. The molecule has 1 aliphatic heterocycles. The molecule has 13 rings (SSSR count). The van der Waals surface area contributed by atoms with Crippen LogP contribution in [-0.4, -0.2) is 0 Å². The van der Waals surface area contributed by atoms with Crippen LogP contribution in [0.3, 0.4) is 0 Å². The number of rotatable bonds is 24. The third-order valence-corrected chi connectivity index (χ3v) is 23.8. The Bertz CT molecular complexity index is 3690. The van der Waals surface area contributed by atoms with Gasteiger partial charge in [-0.1, -0.05) is 109 Å². The Kier molecular flexibility index (Phi) is 17.6. The summed E-state index contributed by atoms with van der Waals surface area (Å²) < 4.78 is 18.3. The normalized spacial score (nSPS) is 13.2. The van der Waals surface area contributed by atoms with Gasteiger partial charge in [-0.05, 0) is 218 Å². The summed E-state index contributed by atoms with van der Waals surface area (Å²) in [7, 11) is -10.8. The highest BCUT2D eigenvalue weighted by Gasteiger charge is 2.40. The van der Waals surface area contributed by atoms with Crippen LogP contribution in [-0.2, 0) is 0 Å². The largest absolute Gasteiger partial charge is 0.356 e. The molecule has 0 unspecified atom stereocenters. The van der Waals surface area contributed by atoms with Gasteiger partial charge in [0.15, 0.2) is 0 Å². The van der Waals surface area contributed by atoms with Crippen LogP contribution in [0.25, 0.3) is 0 Å². The first-order valence-corrected chi connectivity index (χ1v) is 34.5. The van der Waals surface area contributed by atoms with Gasteiger partial charge in [0, 0.05) is 102 Å². The van der Waals surface area contributed by atoms with Crippen molar-refractivity contribution in [2.45, 2.75) is 0 Å². The van der Waals surface area contributed by atoms with Gasteiger partial charge >= 0.3 is 0 Å². The molecule has 0 saturated carbocycles. The maximum atomic E-state index is 6.10. The van der Waals surface area contributed by atoms with Gasteiger partial charge in [-0.25, -0.2) is 0 Å². The lowest BCUT2D eigenvalue weighted by molar-refractivity contribution is 1.48. The van der Waals surface area contributed by atoms with E-state index in [2.05, 4.69) is 281 Å². The minimum atomic E-state index is -3.59. The Labute approximate surface area is 525 Å². The first-order valence-electron chi connectivity index (χ1n) is 29.4. The van der Waals surface area contributed by atoms with Crippen LogP contribution in [0.4, 0.5) is 102 Å². The maximum Gasteiger partial charge on any atom is 0.268 e. The van der Waals surface area contributed by atoms with Gasteiger partial charge in [0.1, 0.15) is 0 Å². The summed E-state index contributed by atoms with van der Waals surface area (Å²) in [6, 6.07) is 110. The molecule has 12 aromatic rings. The summed E-state index contributed by atoms with van der Waals surface area (Å²) in [5.74, 6) is 0. The fraction of sp³-hybridized carbons (Fsp3) is 0. The first kappa shape index (κ1) is 58.0. The van der Waals surface area contributed by atoms with E-state index < -0.39 is 22.5 Å². The molecule has 0 fully saturated rings. The maximum absolute atomic E-state index is 6.10. The van der Waals surface area contributed by atoms with Crippen molar-refractivity contribution < 1.29 is 0 Å². The number of para-hydroxylation sites is 6. The molecular formula is C72H66N15P3. The zero-order valence-electron chi connectivity index (χ0n) is 48.9. The van der Waals surface area contributed by atoms with Crippen molar-refractivity contribution in [3.8, 4) is 0 Å². The van der Waals surface area contributed by atoms with Gasteiger partial charge in [-0.2, -0.15) is 13.5 Å². The highest BCUT2D eigenvalue weighted by molar-refractivity contribution is 7.89. The highest BCUT2D eigenvalue weighted by Crippen LogP contribution is 2.76. The van der Waals surface area contributed by atoms with E-state index in [0.29, 0.717) is 0 Å². The van der Waals surface area contributed by atoms with Gasteiger partial charge < -0.3 is 62.4 Å². The Morgan fingerprint density at radius 2 is 0.244 bits per heavy atom. The van der Waals surface area contributed by atoms with Gasteiger partial charge in [-0.15, -0.1) is 0 Å². The molecule has 0 atom stereocenters. The second-order valence-corrected chi connectivity index (χ2v) is 28.2. The van der Waals surface area contributed by atoms with E-state index >= 15 is 0 Å². The third kappa shape index (κ3) is 15.5. The average molecular weight is 1230 g/mol. The molecule has 12 aromatic carbocycles. The Morgan fingerprint density at radius 1 is 0.133 bits per heavy atom. The second kappa shape index (κ2) is 27.3. The molecule has 1 heterocycles. The Hall–Kier alpha value is -11.1. The van der Waals surface area contributed by atoms with Gasteiger partial charge in [0.2, 0.25) is 0 Å². The number of hydrogen-bond donors (Lipinski definition) is 12. The van der Waals surface area contributed by atoms with Gasteiger partial charge in [0.25, 0.3) is 22.5 Å². The monoisotopic (exact) mass is 1230 g/mol. The second-order valence-electron chi connectivity index (χ2n) is 21.2. The van der Waals surface area contributed by atoms with Crippen molar-refractivity contribution in [1.82, 2.24) is 0 Å². The van der Waals surface area contributed by atoms with E-state index in [1.165, 1.54) is 0 Å². The average Bonchev–Trinajstić information content (AvgIpc) is 0.744. The van der Waals surface area contributed by atoms with Crippen molar-refractivity contribution in [1.29, 1.82) is 0 Å². The number of nitrogens with one attached hydrogen (secondary N) is 12. The molecule has 18 heteroatoms. The molecule has 90 heavy (non-hydrogen) atoms. The minimum absolute atomic E-state index is 0.780. The lowest BCUT2D eigenvalue weighted by atomic mass is 10.2. The fourth-order valence-electron chi connectivity index (χ4n) is 9.95. The molecule has 0 bridgehead atoms. The predicted molar refractivity (Wildman–Crippen MR) is 387 cm³/mol. The summed E-state index contributed by atoms with van der Waals surface area (Å²) >= 11 is 0. The van der Waals surface area contributed by atoms with Crippen LogP contribution in [0.2, 0.25) is 0 Å². The van der Waals surface area contributed by atoms with E-state index in [1.54, 1.807) is 0 Å². The van der Waals surface area contributed by atoms with Crippen LogP contribution in [0.15, 0.2) is 341 Å². The van der Waals surface area contributed by atoms with Crippen molar-refractivity contribution in [2.75, 3.05) is 62.4 Å². The van der Waals surface area contributed by atoms with Crippen LogP contribution >= 0.6 is 22.5 Å². The molecule has 1 aliphatic rings. The molecule has 12 N–H and O–H groups in total. The molecule has 0 amide bonds. The molecule has 444 valence electrons. The minimum Gasteiger partial charge on any atom is -0.356 e. The van der Waals surface area contributed by atoms with E-state index in [0.717, 1.165) is 102 Å². The standard InChI is InChI=1S/C72H66N15P3/c1-7-19-55(20-8-1)73-61-31-43-67(44-32-61)79-88(80-68-45-33-62(34-46-68)74-56-21-9-2-10-22-56)85-89(81-69-47-35-63(36-48-69)75-57-23-11-3-12-24-57,82-70-49-37-64(38-50-70)76-58-25-13-4-14-26-58)87-90(86-88,83-71-51-39-65(40-52-71)77-59-27-15-5-16-28-59)84-72-53-41-66(42-54-72)78-60-29-17-6-18-30-60/h1-54,73-84H. The summed E-state index contributed by atoms with van der Waals surface area (Å²) in [6.45, 7) is 0. The van der Waals surface area contributed by atoms with E-state index in [4.69, 9.17) is 13.5 Å². The zero-order chi connectivity index (χ0) is 60.7. The van der Waals surface area contributed by atoms with Crippen LogP contribution in [0, 0.1) is 0 Å². The van der Waals surface area contributed by atoms with Gasteiger partial charge in [-0.3, -0.25) is 0 Å². The van der Waals surface area contributed by atoms with Crippen molar-refractivity contribution in [3.63, 3.8) is 0 Å². The summed E-state index contributed by atoms with van der Waals surface area (Å²) in [6.07, 6.45) is 0. The third-order valence-electron chi connectivity index (χ3n) is 14.2. The lowest BCUT2D eigenvalue weighted by Gasteiger charge is -2.38. The highest BCUT2D eigenvalue weighted by atomic mass is 31.3. The van der Waals surface area contributed by atoms with E-state index in [-0.39, 0.29) is 0 Å². The lowest BCUT2D eigenvalue weighted by Crippen LogP contribution is -2.16. The van der Waals surface area contributed by atoms with Crippen molar-refractivity contribution >= 4 is 125 Å². The smallest absolute Gasteiger partial charge is 0.268 e. The molecule has 0 aromatic heterocycles. The molecule has 0 radical (unpaired) electrons. The number of anilines is 18. The van der Waals surface area contributed by atoms with Crippen LogP contribution in [0.5, 0.6) is 0 Å². The van der Waals surface area contributed by atoms with Crippen LogP contribution in [0.1, 0.15) is 0 Å². The SMILES string of the molecule is c1ccc(Nc2ccc(NP3(Nc4ccc(Nc5ccccc5)cc4)=NP(Nc4ccc(Nc5ccccc5)cc4)(Nc4ccc(Nc5ccccc5)cc4)=NP(Nc4ccc(Nc5ccccc5)cc4)(Nc4ccc(Nc5ccccc5)cc4)=N3)cc2)cc1. The topological polar surface area (TPSA) is 181 Å². The van der Waals surface area contributed by atoms with E-state index in [9.17, 15) is 0 Å². The van der Waals surface area contributed by atoms with Crippen molar-refractivity contribution in [2.24, 2.45) is 13.5 Å². The molecule has 15 nitrogen and oxygen atoms in total. The molecule has 0 aliphatic carbocycles. The van der Waals surface area contributed by atoms with Crippen LogP contribution < -0.4 is 62.4 Å². The van der Waals surface area contributed by atoms with E-state index in [1.807, 2.05) is 109 Å². The Balaban J connectivity index is 1.01. The molecular weight excluding hydrogens is 1170 g/mol.